The van der Waals surface area contributed by atoms with Gasteiger partial charge in [-0.05, 0) is 17.7 Å². The molecule has 2 amide bonds. The third-order valence-corrected chi connectivity index (χ3v) is 2.80. The second kappa shape index (κ2) is 5.99. The first-order valence-electron chi connectivity index (χ1n) is 5.89. The van der Waals surface area contributed by atoms with Crippen LogP contribution in [0.4, 0.5) is 16.2 Å². The van der Waals surface area contributed by atoms with Crippen LogP contribution in [0.15, 0.2) is 54.6 Å². The van der Waals surface area contributed by atoms with Crippen molar-refractivity contribution in [1.82, 2.24) is 0 Å². The standard InChI is InChI=1S/C14H15N3O2/c15-14(18)17(10-11-4-2-1-3-5-11)13-8-6-12(16-19)7-9-13/h1-9,16,19H,10H2,(H2,15,18)/p+1. The third kappa shape index (κ3) is 3.31. The number of benzene rings is 2. The van der Waals surface area contributed by atoms with E-state index in [2.05, 4.69) is 0 Å². The lowest BCUT2D eigenvalue weighted by Crippen LogP contribution is -2.73. The van der Waals surface area contributed by atoms with Gasteiger partial charge in [0, 0.05) is 17.8 Å². The maximum absolute atomic E-state index is 11.5. The van der Waals surface area contributed by atoms with Gasteiger partial charge in [-0.1, -0.05) is 30.3 Å². The zero-order valence-corrected chi connectivity index (χ0v) is 10.4. The van der Waals surface area contributed by atoms with Gasteiger partial charge in [-0.25, -0.2) is 10.0 Å². The van der Waals surface area contributed by atoms with E-state index in [9.17, 15) is 4.79 Å². The van der Waals surface area contributed by atoms with Crippen LogP contribution in [0, 0.1) is 0 Å². The first kappa shape index (κ1) is 13.1. The molecule has 0 aliphatic heterocycles. The minimum atomic E-state index is -0.510. The van der Waals surface area contributed by atoms with Gasteiger partial charge in [-0.2, -0.15) is 5.48 Å². The minimum absolute atomic E-state index is 0.415. The number of nitrogens with zero attached hydrogens (tertiary/aromatic N) is 1. The fraction of sp³-hybridized carbons (Fsp3) is 0.0714. The summed E-state index contributed by atoms with van der Waals surface area (Å²) in [6.45, 7) is 0.415. The van der Waals surface area contributed by atoms with Crippen LogP contribution in [-0.2, 0) is 6.54 Å². The Morgan fingerprint density at radius 1 is 1.11 bits per heavy atom. The number of hydrogen-bond acceptors (Lipinski definition) is 2. The largest absolute Gasteiger partial charge is 0.351 e. The topological polar surface area (TPSA) is 83.2 Å². The lowest BCUT2D eigenvalue weighted by Gasteiger charge is -2.20. The SMILES string of the molecule is NC(=O)N(Cc1ccccc1)c1ccc([NH2+]O)cc1. The molecule has 19 heavy (non-hydrogen) atoms. The lowest BCUT2D eigenvalue weighted by molar-refractivity contribution is -0.825. The van der Waals surface area contributed by atoms with Gasteiger partial charge in [0.05, 0.1) is 6.54 Å². The molecular weight excluding hydrogens is 242 g/mol. The molecule has 5 N–H and O–H groups in total. The van der Waals surface area contributed by atoms with Gasteiger partial charge in [0.2, 0.25) is 0 Å². The predicted octanol–water partition coefficient (Wildman–Crippen LogP) is 1.36. The van der Waals surface area contributed by atoms with Crippen LogP contribution in [0.25, 0.3) is 0 Å². The number of hydrogen-bond donors (Lipinski definition) is 3. The second-order valence-electron chi connectivity index (χ2n) is 4.13. The molecular formula is C14H16N3O2+. The van der Waals surface area contributed by atoms with E-state index in [1.54, 1.807) is 24.3 Å². The van der Waals surface area contributed by atoms with Crippen LogP contribution in [-0.4, -0.2) is 11.2 Å². The highest BCUT2D eigenvalue weighted by Crippen LogP contribution is 2.18. The first-order chi connectivity index (χ1) is 9.20. The molecule has 98 valence electrons. The first-order valence-corrected chi connectivity index (χ1v) is 5.89. The van der Waals surface area contributed by atoms with Crippen LogP contribution in [0.5, 0.6) is 0 Å². The number of primary amides is 1. The Labute approximate surface area is 111 Å². The van der Waals surface area contributed by atoms with Gasteiger partial charge in [-0.15, -0.1) is 0 Å². The predicted molar refractivity (Wildman–Crippen MR) is 72.0 cm³/mol. The summed E-state index contributed by atoms with van der Waals surface area (Å²) < 4.78 is 0. The van der Waals surface area contributed by atoms with Crippen LogP contribution in [0.2, 0.25) is 0 Å². The summed E-state index contributed by atoms with van der Waals surface area (Å²) in [4.78, 5) is 13.0. The number of anilines is 1. The van der Waals surface area contributed by atoms with Crippen molar-refractivity contribution in [1.29, 1.82) is 0 Å². The van der Waals surface area contributed by atoms with Crippen molar-refractivity contribution >= 4 is 17.4 Å². The smallest absolute Gasteiger partial charge is 0.319 e. The summed E-state index contributed by atoms with van der Waals surface area (Å²) in [5.41, 5.74) is 8.80. The minimum Gasteiger partial charge on any atom is -0.351 e. The molecule has 5 heteroatoms. The number of amides is 2. The Kier molecular flexibility index (Phi) is 4.12. The van der Waals surface area contributed by atoms with Gasteiger partial charge in [0.25, 0.3) is 0 Å². The highest BCUT2D eigenvalue weighted by molar-refractivity contribution is 5.90. The van der Waals surface area contributed by atoms with Crippen molar-refractivity contribution in [3.63, 3.8) is 0 Å². The van der Waals surface area contributed by atoms with Crippen LogP contribution in [0.1, 0.15) is 5.56 Å². The fourth-order valence-electron chi connectivity index (χ4n) is 1.80. The summed E-state index contributed by atoms with van der Waals surface area (Å²) in [5, 5.41) is 8.88. The average molecular weight is 258 g/mol. The van der Waals surface area contributed by atoms with Crippen molar-refractivity contribution in [3.8, 4) is 0 Å². The fourth-order valence-corrected chi connectivity index (χ4v) is 1.80. The second-order valence-corrected chi connectivity index (χ2v) is 4.13. The molecule has 2 rings (SSSR count). The van der Waals surface area contributed by atoms with E-state index >= 15 is 0 Å². The van der Waals surface area contributed by atoms with Crippen molar-refractivity contribution in [2.24, 2.45) is 5.73 Å². The molecule has 0 bridgehead atoms. The van der Waals surface area contributed by atoms with Crippen molar-refractivity contribution in [2.75, 3.05) is 4.90 Å². The molecule has 0 radical (unpaired) electrons. The molecule has 0 aromatic heterocycles. The van der Waals surface area contributed by atoms with Crippen LogP contribution in [0.3, 0.4) is 0 Å². The van der Waals surface area contributed by atoms with Gasteiger partial charge in [0.15, 0.2) is 5.69 Å². The molecule has 5 nitrogen and oxygen atoms in total. The zero-order chi connectivity index (χ0) is 13.7. The van der Waals surface area contributed by atoms with Crippen LogP contribution < -0.4 is 16.1 Å². The molecule has 0 saturated heterocycles. The normalized spacial score (nSPS) is 10.2. The summed E-state index contributed by atoms with van der Waals surface area (Å²) in [6.07, 6.45) is 0. The Balaban J connectivity index is 2.22. The lowest BCUT2D eigenvalue weighted by atomic mass is 10.2. The highest BCUT2D eigenvalue weighted by Gasteiger charge is 2.13. The number of nitrogens with two attached hydrogens (primary N) is 2. The number of carbonyl (C=O) groups is 1. The van der Waals surface area contributed by atoms with Gasteiger partial charge in [-0.3, -0.25) is 4.90 Å². The molecule has 0 unspecified atom stereocenters. The monoisotopic (exact) mass is 258 g/mol. The quantitative estimate of drug-likeness (QED) is 0.571. The third-order valence-electron chi connectivity index (χ3n) is 2.80. The Morgan fingerprint density at radius 3 is 2.26 bits per heavy atom. The number of carbonyl (C=O) groups excluding carboxylic acids is 1. The molecule has 0 aliphatic rings. The van der Waals surface area contributed by atoms with Crippen molar-refractivity contribution in [2.45, 2.75) is 6.54 Å². The number of quaternary nitrogens is 1. The highest BCUT2D eigenvalue weighted by atomic mass is 16.5. The summed E-state index contributed by atoms with van der Waals surface area (Å²) in [5.74, 6) is 0. The maximum atomic E-state index is 11.5. The average Bonchev–Trinajstić information content (AvgIpc) is 2.46. The Bertz CT molecular complexity index is 540. The summed E-state index contributed by atoms with van der Waals surface area (Å²) >= 11 is 0. The zero-order valence-electron chi connectivity index (χ0n) is 10.4. The van der Waals surface area contributed by atoms with Gasteiger partial charge in [0.1, 0.15) is 0 Å². The summed E-state index contributed by atoms with van der Waals surface area (Å²) in [7, 11) is 0. The molecule has 0 fully saturated rings. The molecule has 0 saturated carbocycles. The molecule has 0 heterocycles. The van der Waals surface area contributed by atoms with E-state index < -0.39 is 6.03 Å². The van der Waals surface area contributed by atoms with E-state index in [0.717, 1.165) is 11.0 Å². The van der Waals surface area contributed by atoms with Crippen LogP contribution >= 0.6 is 0 Å². The molecule has 0 atom stereocenters. The van der Waals surface area contributed by atoms with Gasteiger partial charge < -0.3 is 5.73 Å². The van der Waals surface area contributed by atoms with Crippen molar-refractivity contribution < 1.29 is 15.5 Å². The van der Waals surface area contributed by atoms with E-state index in [0.29, 0.717) is 17.9 Å². The Hall–Kier alpha value is -2.37. The van der Waals surface area contributed by atoms with E-state index in [4.69, 9.17) is 10.9 Å². The Morgan fingerprint density at radius 2 is 1.74 bits per heavy atom. The van der Waals surface area contributed by atoms with E-state index in [-0.39, 0.29) is 0 Å². The summed E-state index contributed by atoms with van der Waals surface area (Å²) in [6, 6.07) is 16.0. The molecule has 0 aliphatic carbocycles. The van der Waals surface area contributed by atoms with Crippen molar-refractivity contribution in [3.05, 3.63) is 60.2 Å². The van der Waals surface area contributed by atoms with E-state index in [1.807, 2.05) is 30.3 Å². The molecule has 2 aromatic carbocycles. The van der Waals surface area contributed by atoms with E-state index in [1.165, 1.54) is 4.90 Å². The molecule has 0 spiro atoms. The van der Waals surface area contributed by atoms with Gasteiger partial charge >= 0.3 is 6.03 Å². The molecule has 2 aromatic rings. The number of rotatable bonds is 4. The maximum Gasteiger partial charge on any atom is 0.319 e. The number of urea groups is 1.